The van der Waals surface area contributed by atoms with E-state index in [4.69, 9.17) is 16.3 Å². The first-order chi connectivity index (χ1) is 12.0. The highest BCUT2D eigenvalue weighted by atomic mass is 35.5. The van der Waals surface area contributed by atoms with Gasteiger partial charge in [-0.1, -0.05) is 47.5 Å². The summed E-state index contributed by atoms with van der Waals surface area (Å²) in [6, 6.07) is 15.1. The average molecular weight is 373 g/mol. The molecule has 0 spiro atoms. The number of nitrogens with one attached hydrogen (secondary N) is 1. The smallest absolute Gasteiger partial charge is 0.264 e. The van der Waals surface area contributed by atoms with Crippen LogP contribution in [0.3, 0.4) is 0 Å². The Hall–Kier alpha value is -2.37. The van der Waals surface area contributed by atoms with E-state index in [9.17, 15) is 4.79 Å². The largest absolute Gasteiger partial charge is 0.484 e. The van der Waals surface area contributed by atoms with E-state index in [1.807, 2.05) is 38.1 Å². The molecule has 0 bridgehead atoms. The van der Waals surface area contributed by atoms with Gasteiger partial charge in [0.1, 0.15) is 5.75 Å². The van der Waals surface area contributed by atoms with Crippen molar-refractivity contribution in [2.45, 2.75) is 13.8 Å². The van der Waals surface area contributed by atoms with Gasteiger partial charge < -0.3 is 4.74 Å². The van der Waals surface area contributed by atoms with E-state index >= 15 is 0 Å². The summed E-state index contributed by atoms with van der Waals surface area (Å²) in [5, 5.41) is 3.91. The number of hydrogen-bond donors (Lipinski definition) is 1. The number of benzene rings is 2. The number of halogens is 1. The molecule has 1 aromatic heterocycles. The van der Waals surface area contributed by atoms with Crippen molar-refractivity contribution in [1.29, 1.82) is 0 Å². The van der Waals surface area contributed by atoms with E-state index in [2.05, 4.69) is 10.3 Å². The zero-order valence-electron chi connectivity index (χ0n) is 13.9. The summed E-state index contributed by atoms with van der Waals surface area (Å²) in [5.41, 5.74) is 3.12. The Kier molecular flexibility index (Phi) is 5.36. The van der Waals surface area contributed by atoms with Crippen LogP contribution in [0.4, 0.5) is 5.13 Å². The first kappa shape index (κ1) is 17.5. The molecule has 1 heterocycles. The van der Waals surface area contributed by atoms with E-state index < -0.39 is 0 Å². The fourth-order valence-corrected chi connectivity index (χ4v) is 3.32. The summed E-state index contributed by atoms with van der Waals surface area (Å²) in [6.45, 7) is 3.94. The van der Waals surface area contributed by atoms with Gasteiger partial charge in [-0.15, -0.1) is 11.3 Å². The molecule has 0 fully saturated rings. The van der Waals surface area contributed by atoms with Gasteiger partial charge in [0, 0.05) is 15.5 Å². The summed E-state index contributed by atoms with van der Waals surface area (Å²) in [4.78, 5) is 17.6. The summed E-state index contributed by atoms with van der Waals surface area (Å²) in [7, 11) is 0. The summed E-state index contributed by atoms with van der Waals surface area (Å²) in [6.07, 6.45) is 0. The second-order valence-electron chi connectivity index (χ2n) is 5.58. The second-order valence-corrected chi connectivity index (χ2v) is 7.22. The third-order valence-corrected chi connectivity index (χ3v) is 4.66. The van der Waals surface area contributed by atoms with Crippen LogP contribution in [-0.4, -0.2) is 17.5 Å². The molecule has 0 radical (unpaired) electrons. The first-order valence-electron chi connectivity index (χ1n) is 7.74. The van der Waals surface area contributed by atoms with Crippen molar-refractivity contribution in [2.24, 2.45) is 0 Å². The topological polar surface area (TPSA) is 51.2 Å². The molecule has 128 valence electrons. The van der Waals surface area contributed by atoms with Gasteiger partial charge in [0.25, 0.3) is 5.91 Å². The van der Waals surface area contributed by atoms with Gasteiger partial charge in [0.05, 0.1) is 5.69 Å². The Bertz CT molecular complexity index is 891. The van der Waals surface area contributed by atoms with Gasteiger partial charge in [-0.3, -0.25) is 10.1 Å². The Labute approximate surface area is 155 Å². The molecule has 3 rings (SSSR count). The van der Waals surface area contributed by atoms with E-state index in [0.29, 0.717) is 15.9 Å². The monoisotopic (exact) mass is 372 g/mol. The molecule has 3 aromatic rings. The summed E-state index contributed by atoms with van der Waals surface area (Å²) < 4.78 is 5.44. The van der Waals surface area contributed by atoms with Gasteiger partial charge in [0.15, 0.2) is 11.7 Å². The molecule has 0 aliphatic heterocycles. The van der Waals surface area contributed by atoms with Gasteiger partial charge in [0.2, 0.25) is 0 Å². The fraction of sp³-hybridized carbons (Fsp3) is 0.158. The number of hydrogen-bond acceptors (Lipinski definition) is 4. The molecule has 0 saturated carbocycles. The lowest BCUT2D eigenvalue weighted by molar-refractivity contribution is -0.118. The predicted molar refractivity (Wildman–Crippen MR) is 103 cm³/mol. The van der Waals surface area contributed by atoms with Crippen LogP contribution in [0.2, 0.25) is 5.02 Å². The molecule has 0 atom stereocenters. The predicted octanol–water partition coefficient (Wildman–Crippen LogP) is 5.10. The van der Waals surface area contributed by atoms with Crippen LogP contribution in [0, 0.1) is 13.8 Å². The number of carbonyl (C=O) groups excluding carboxylic acids is 1. The molecule has 0 saturated heterocycles. The number of anilines is 1. The molecular weight excluding hydrogens is 356 g/mol. The second kappa shape index (κ2) is 7.68. The van der Waals surface area contributed by atoms with Gasteiger partial charge in [-0.05, 0) is 32.0 Å². The lowest BCUT2D eigenvalue weighted by Crippen LogP contribution is -2.20. The number of thiazole rings is 1. The molecule has 2 aromatic carbocycles. The number of carbonyl (C=O) groups is 1. The molecular formula is C19H17ClN2O2S. The standard InChI is InChI=1S/C19H17ClN2O2S/c1-12-6-8-14(9-7-12)18-13(2)25-19(22-18)21-17(23)11-24-16-5-3-4-15(20)10-16/h3-10H,11H2,1-2H3,(H,21,22,23). The number of nitrogens with zero attached hydrogens (tertiary/aromatic N) is 1. The van der Waals surface area contributed by atoms with Crippen LogP contribution in [-0.2, 0) is 4.79 Å². The van der Waals surface area contributed by atoms with Crippen molar-refractivity contribution in [2.75, 3.05) is 11.9 Å². The van der Waals surface area contributed by atoms with Crippen LogP contribution in [0.15, 0.2) is 48.5 Å². The maximum absolute atomic E-state index is 12.1. The van der Waals surface area contributed by atoms with E-state index in [1.165, 1.54) is 16.9 Å². The van der Waals surface area contributed by atoms with Crippen molar-refractivity contribution < 1.29 is 9.53 Å². The van der Waals surface area contributed by atoms with Gasteiger partial charge >= 0.3 is 0 Å². The van der Waals surface area contributed by atoms with E-state index in [0.717, 1.165) is 16.1 Å². The number of aryl methyl sites for hydroxylation is 2. The minimum Gasteiger partial charge on any atom is -0.484 e. The maximum atomic E-state index is 12.1. The zero-order valence-corrected chi connectivity index (χ0v) is 15.4. The molecule has 1 N–H and O–H groups in total. The Balaban J connectivity index is 1.64. The summed E-state index contributed by atoms with van der Waals surface area (Å²) in [5.74, 6) is 0.294. The van der Waals surface area contributed by atoms with Crippen LogP contribution in [0.1, 0.15) is 10.4 Å². The molecule has 0 aliphatic rings. The SMILES string of the molecule is Cc1ccc(-c2nc(NC(=O)COc3cccc(Cl)c3)sc2C)cc1. The number of rotatable bonds is 5. The molecule has 6 heteroatoms. The van der Waals surface area contributed by atoms with Gasteiger partial charge in [-0.25, -0.2) is 4.98 Å². The van der Waals surface area contributed by atoms with Gasteiger partial charge in [-0.2, -0.15) is 0 Å². The maximum Gasteiger partial charge on any atom is 0.264 e. The molecule has 25 heavy (non-hydrogen) atoms. The minimum atomic E-state index is -0.260. The highest BCUT2D eigenvalue weighted by molar-refractivity contribution is 7.16. The van der Waals surface area contributed by atoms with Crippen molar-refractivity contribution in [3.8, 4) is 17.0 Å². The van der Waals surface area contributed by atoms with E-state index in [1.54, 1.807) is 24.3 Å². The molecule has 0 aliphatic carbocycles. The van der Waals surface area contributed by atoms with Crippen LogP contribution >= 0.6 is 22.9 Å². The highest BCUT2D eigenvalue weighted by Crippen LogP contribution is 2.30. The minimum absolute atomic E-state index is 0.0984. The van der Waals surface area contributed by atoms with E-state index in [-0.39, 0.29) is 12.5 Å². The number of amides is 1. The third-order valence-electron chi connectivity index (χ3n) is 3.53. The van der Waals surface area contributed by atoms with Crippen molar-refractivity contribution in [3.63, 3.8) is 0 Å². The Morgan fingerprint density at radius 3 is 2.68 bits per heavy atom. The lowest BCUT2D eigenvalue weighted by Gasteiger charge is -2.05. The van der Waals surface area contributed by atoms with Crippen molar-refractivity contribution >= 4 is 34.0 Å². The third kappa shape index (κ3) is 4.59. The number of aromatic nitrogens is 1. The normalized spacial score (nSPS) is 10.5. The van der Waals surface area contributed by atoms with Crippen LogP contribution in [0.25, 0.3) is 11.3 Å². The quantitative estimate of drug-likeness (QED) is 0.678. The van der Waals surface area contributed by atoms with Crippen LogP contribution < -0.4 is 10.1 Å². The average Bonchev–Trinajstić information content (AvgIpc) is 2.94. The molecule has 4 nitrogen and oxygen atoms in total. The summed E-state index contributed by atoms with van der Waals surface area (Å²) >= 11 is 7.34. The molecule has 0 unspecified atom stereocenters. The Morgan fingerprint density at radius 1 is 1.20 bits per heavy atom. The Morgan fingerprint density at radius 2 is 1.96 bits per heavy atom. The fourth-order valence-electron chi connectivity index (χ4n) is 2.29. The highest BCUT2D eigenvalue weighted by Gasteiger charge is 2.12. The number of ether oxygens (including phenoxy) is 1. The van der Waals surface area contributed by atoms with Crippen molar-refractivity contribution in [3.05, 3.63) is 64.0 Å². The molecule has 1 amide bonds. The zero-order chi connectivity index (χ0) is 17.8. The lowest BCUT2D eigenvalue weighted by atomic mass is 10.1. The van der Waals surface area contributed by atoms with Crippen molar-refractivity contribution in [1.82, 2.24) is 4.98 Å². The van der Waals surface area contributed by atoms with Crippen LogP contribution in [0.5, 0.6) is 5.75 Å². The first-order valence-corrected chi connectivity index (χ1v) is 8.93.